The van der Waals surface area contributed by atoms with Gasteiger partial charge in [0.05, 0.1) is 11.0 Å². The number of anilines is 1. The first-order chi connectivity index (χ1) is 13.9. The van der Waals surface area contributed by atoms with Gasteiger partial charge in [0.1, 0.15) is 10.6 Å². The smallest absolute Gasteiger partial charge is 0.342 e. The first-order valence-electron chi connectivity index (χ1n) is 8.80. The molecule has 0 atom stereocenters. The summed E-state index contributed by atoms with van der Waals surface area (Å²) in [5.41, 5.74) is 1.66. The van der Waals surface area contributed by atoms with Crippen LogP contribution in [0.1, 0.15) is 34.6 Å². The fraction of sp³-hybridized carbons (Fsp3) is 0.143. The van der Waals surface area contributed by atoms with Gasteiger partial charge < -0.3 is 10.1 Å². The van der Waals surface area contributed by atoms with E-state index in [1.54, 1.807) is 19.2 Å². The van der Waals surface area contributed by atoms with Gasteiger partial charge >= 0.3 is 5.97 Å². The average Bonchev–Trinajstić information content (AvgIpc) is 3.12. The van der Waals surface area contributed by atoms with Crippen molar-refractivity contribution in [2.75, 3.05) is 5.32 Å². The van der Waals surface area contributed by atoms with E-state index in [1.807, 2.05) is 30.3 Å². The van der Waals surface area contributed by atoms with Crippen molar-refractivity contribution in [1.82, 2.24) is 0 Å². The molecule has 0 saturated carbocycles. The third-order valence-corrected chi connectivity index (χ3v) is 4.86. The van der Waals surface area contributed by atoms with Gasteiger partial charge in [-0.05, 0) is 25.5 Å². The molecule has 29 heavy (non-hydrogen) atoms. The summed E-state index contributed by atoms with van der Waals surface area (Å²) in [6.07, 6.45) is -0.327. The molecule has 0 fully saturated rings. The zero-order valence-corrected chi connectivity index (χ0v) is 16.6. The number of carbonyl (C=O) groups excluding carboxylic acids is 2. The second-order valence-corrected chi connectivity index (χ2v) is 7.31. The molecule has 1 aromatic heterocycles. The zero-order chi connectivity index (χ0) is 21.0. The second kappa shape index (κ2) is 8.66. The van der Waals surface area contributed by atoms with Crippen LogP contribution in [0.3, 0.4) is 0 Å². The molecule has 1 heterocycles. The minimum atomic E-state index is -0.569. The second-order valence-electron chi connectivity index (χ2n) is 6.44. The summed E-state index contributed by atoms with van der Waals surface area (Å²) in [4.78, 5) is 35.8. The van der Waals surface area contributed by atoms with Gasteiger partial charge in [-0.3, -0.25) is 14.9 Å². The number of thiophene rings is 1. The molecular weight excluding hydrogens is 392 g/mol. The molecule has 148 valence electrons. The van der Waals surface area contributed by atoms with Gasteiger partial charge in [0.2, 0.25) is 0 Å². The lowest BCUT2D eigenvalue weighted by Gasteiger charge is -2.11. The van der Waals surface area contributed by atoms with Crippen molar-refractivity contribution in [2.24, 2.45) is 0 Å². The van der Waals surface area contributed by atoms with Crippen molar-refractivity contribution < 1.29 is 19.2 Å². The van der Waals surface area contributed by atoms with Crippen molar-refractivity contribution in [2.45, 2.75) is 20.0 Å². The van der Waals surface area contributed by atoms with Gasteiger partial charge in [-0.25, -0.2) is 4.79 Å². The number of nitrogens with one attached hydrogen (secondary N) is 1. The van der Waals surface area contributed by atoms with E-state index in [2.05, 4.69) is 5.32 Å². The number of non-ortho nitro benzene ring substituents is 1. The molecule has 7 nitrogen and oxygen atoms in total. The third kappa shape index (κ3) is 4.67. The number of hydrogen-bond acceptors (Lipinski definition) is 6. The van der Waals surface area contributed by atoms with Crippen molar-refractivity contribution in [3.63, 3.8) is 0 Å². The molecule has 0 aliphatic rings. The fourth-order valence-corrected chi connectivity index (χ4v) is 3.64. The molecule has 0 aliphatic heterocycles. The summed E-state index contributed by atoms with van der Waals surface area (Å²) in [6, 6.07) is 14.7. The number of nitro groups is 1. The normalized spacial score (nSPS) is 10.6. The Kier molecular flexibility index (Phi) is 6.04. The van der Waals surface area contributed by atoms with Gasteiger partial charge in [-0.1, -0.05) is 36.4 Å². The molecule has 0 saturated heterocycles. The number of carbonyl (C=O) groups is 2. The van der Waals surface area contributed by atoms with E-state index in [0.29, 0.717) is 10.6 Å². The monoisotopic (exact) mass is 410 g/mol. The minimum absolute atomic E-state index is 0.122. The van der Waals surface area contributed by atoms with Crippen molar-refractivity contribution in [3.8, 4) is 11.1 Å². The molecule has 8 heteroatoms. The molecule has 3 aromatic rings. The maximum atomic E-state index is 12.7. The van der Waals surface area contributed by atoms with E-state index >= 15 is 0 Å². The van der Waals surface area contributed by atoms with Crippen LogP contribution >= 0.6 is 11.3 Å². The van der Waals surface area contributed by atoms with Gasteiger partial charge in [-0.15, -0.1) is 11.3 Å². The van der Waals surface area contributed by atoms with Gasteiger partial charge in [0, 0.05) is 28.6 Å². The maximum Gasteiger partial charge on any atom is 0.342 e. The number of amides is 1. The molecule has 1 N–H and O–H groups in total. The summed E-state index contributed by atoms with van der Waals surface area (Å²) in [7, 11) is 0. The maximum absolute atomic E-state index is 12.7. The fourth-order valence-electron chi connectivity index (χ4n) is 2.69. The number of benzene rings is 2. The molecule has 0 radical (unpaired) electrons. The summed E-state index contributed by atoms with van der Waals surface area (Å²) in [6.45, 7) is 3.49. The Labute approximate surface area is 171 Å². The van der Waals surface area contributed by atoms with Crippen LogP contribution in [0.2, 0.25) is 0 Å². The highest BCUT2D eigenvalue weighted by atomic mass is 32.1. The van der Waals surface area contributed by atoms with Crippen LogP contribution in [0.15, 0.2) is 60.0 Å². The Bertz CT molecular complexity index is 1060. The van der Waals surface area contributed by atoms with Crippen LogP contribution in [0, 0.1) is 10.1 Å². The average molecular weight is 410 g/mol. The van der Waals surface area contributed by atoms with Crippen LogP contribution in [0.5, 0.6) is 0 Å². The van der Waals surface area contributed by atoms with E-state index < -0.39 is 16.8 Å². The predicted molar refractivity (Wildman–Crippen MR) is 111 cm³/mol. The quantitative estimate of drug-likeness (QED) is 0.345. The summed E-state index contributed by atoms with van der Waals surface area (Å²) in [5, 5.41) is 15.7. The molecule has 2 aromatic carbocycles. The third-order valence-electron chi connectivity index (χ3n) is 3.97. The first kappa shape index (κ1) is 20.2. The summed E-state index contributed by atoms with van der Waals surface area (Å²) < 4.78 is 5.36. The Balaban J connectivity index is 1.97. The summed E-state index contributed by atoms with van der Waals surface area (Å²) >= 11 is 1.19. The van der Waals surface area contributed by atoms with E-state index in [9.17, 15) is 19.7 Å². The topological polar surface area (TPSA) is 98.5 Å². The van der Waals surface area contributed by atoms with E-state index in [-0.39, 0.29) is 22.9 Å². The molecule has 0 unspecified atom stereocenters. The molecule has 3 rings (SSSR count). The number of nitro benzene ring substituents is 1. The minimum Gasteiger partial charge on any atom is -0.459 e. The highest BCUT2D eigenvalue weighted by Gasteiger charge is 2.24. The van der Waals surface area contributed by atoms with E-state index in [4.69, 9.17) is 4.74 Å². The predicted octanol–water partition coefficient (Wildman–Crippen LogP) is 5.14. The number of hydrogen-bond donors (Lipinski definition) is 1. The Morgan fingerprint density at radius 2 is 1.83 bits per heavy atom. The van der Waals surface area contributed by atoms with Gasteiger partial charge in [0.15, 0.2) is 0 Å². The van der Waals surface area contributed by atoms with Crippen LogP contribution in [-0.4, -0.2) is 22.9 Å². The lowest BCUT2D eigenvalue weighted by atomic mass is 10.0. The SMILES string of the molecule is CC(C)OC(=O)c1c(-c2ccccc2)csc1NC(=O)c1cccc([N+](=O)[O-])c1. The number of nitrogens with zero attached hydrogens (tertiary/aromatic N) is 1. The zero-order valence-electron chi connectivity index (χ0n) is 15.7. The van der Waals surface area contributed by atoms with E-state index in [1.165, 1.54) is 35.6 Å². The van der Waals surface area contributed by atoms with Gasteiger partial charge in [-0.2, -0.15) is 0 Å². The van der Waals surface area contributed by atoms with Crippen molar-refractivity contribution in [1.29, 1.82) is 0 Å². The molecule has 0 spiro atoms. The number of esters is 1. The van der Waals surface area contributed by atoms with Crippen molar-refractivity contribution in [3.05, 3.63) is 81.2 Å². The highest BCUT2D eigenvalue weighted by molar-refractivity contribution is 7.15. The Morgan fingerprint density at radius 3 is 2.48 bits per heavy atom. The van der Waals surface area contributed by atoms with Crippen LogP contribution < -0.4 is 5.32 Å². The van der Waals surface area contributed by atoms with E-state index in [0.717, 1.165) is 5.56 Å². The number of ether oxygens (including phenoxy) is 1. The van der Waals surface area contributed by atoms with Crippen LogP contribution in [0.4, 0.5) is 10.7 Å². The first-order valence-corrected chi connectivity index (χ1v) is 9.68. The van der Waals surface area contributed by atoms with Crippen LogP contribution in [-0.2, 0) is 4.74 Å². The Morgan fingerprint density at radius 1 is 1.10 bits per heavy atom. The standard InChI is InChI=1S/C21H18N2O5S/c1-13(2)28-21(25)18-17(14-7-4-3-5-8-14)12-29-20(18)22-19(24)15-9-6-10-16(11-15)23(26)27/h3-13H,1-2H3,(H,22,24). The van der Waals surface area contributed by atoms with Crippen molar-refractivity contribution >= 4 is 33.9 Å². The summed E-state index contributed by atoms with van der Waals surface area (Å²) in [5.74, 6) is -1.09. The van der Waals surface area contributed by atoms with Crippen LogP contribution in [0.25, 0.3) is 11.1 Å². The number of rotatable bonds is 6. The lowest BCUT2D eigenvalue weighted by Crippen LogP contribution is -2.17. The largest absolute Gasteiger partial charge is 0.459 e. The molecular formula is C21H18N2O5S. The lowest BCUT2D eigenvalue weighted by molar-refractivity contribution is -0.384. The highest BCUT2D eigenvalue weighted by Crippen LogP contribution is 2.36. The Hall–Kier alpha value is -3.52. The van der Waals surface area contributed by atoms with Gasteiger partial charge in [0.25, 0.3) is 11.6 Å². The molecule has 0 bridgehead atoms. The molecule has 0 aliphatic carbocycles. The molecule has 1 amide bonds.